The highest BCUT2D eigenvalue weighted by molar-refractivity contribution is 5.83. The Morgan fingerprint density at radius 3 is 2.53 bits per heavy atom. The zero-order valence-electron chi connectivity index (χ0n) is 10.1. The number of nitrogens with two attached hydrogens (primary N) is 1. The van der Waals surface area contributed by atoms with Crippen LogP contribution >= 0.6 is 0 Å². The lowest BCUT2D eigenvalue weighted by Crippen LogP contribution is -2.48. The minimum atomic E-state index is -0.170. The van der Waals surface area contributed by atoms with E-state index < -0.39 is 0 Å². The van der Waals surface area contributed by atoms with Gasteiger partial charge >= 0.3 is 0 Å². The monoisotopic (exact) mass is 232 g/mol. The van der Waals surface area contributed by atoms with Gasteiger partial charge in [-0.15, -0.1) is 0 Å². The van der Waals surface area contributed by atoms with Crippen LogP contribution in [-0.4, -0.2) is 19.0 Å². The first kappa shape index (κ1) is 12.1. The molecule has 1 fully saturated rings. The van der Waals surface area contributed by atoms with E-state index in [0.29, 0.717) is 13.1 Å². The van der Waals surface area contributed by atoms with Crippen LogP contribution < -0.4 is 11.1 Å². The second kappa shape index (κ2) is 5.32. The van der Waals surface area contributed by atoms with Gasteiger partial charge in [0.15, 0.2) is 0 Å². The Bertz CT molecular complexity index is 371. The van der Waals surface area contributed by atoms with Crippen molar-refractivity contribution in [2.75, 3.05) is 13.1 Å². The summed E-state index contributed by atoms with van der Waals surface area (Å²) in [5, 5.41) is 2.93. The highest BCUT2D eigenvalue weighted by atomic mass is 16.2. The Hall–Kier alpha value is -1.35. The van der Waals surface area contributed by atoms with Crippen molar-refractivity contribution in [3.05, 3.63) is 35.9 Å². The summed E-state index contributed by atoms with van der Waals surface area (Å²) in [4.78, 5) is 12.1. The van der Waals surface area contributed by atoms with Crippen LogP contribution in [0.5, 0.6) is 0 Å². The molecule has 1 amide bonds. The number of carbonyl (C=O) groups excluding carboxylic acids is 1. The average Bonchev–Trinajstić information content (AvgIpc) is 2.32. The normalized spacial score (nSPS) is 17.2. The predicted molar refractivity (Wildman–Crippen MR) is 68.5 cm³/mol. The summed E-state index contributed by atoms with van der Waals surface area (Å²) in [5.41, 5.74) is 6.49. The standard InChI is InChI=1S/C14H20N2O/c15-9-10-16-13(17)14(7-4-8-14)11-12-5-2-1-3-6-12/h1-3,5-6H,4,7-11,15H2,(H,16,17). The third-order valence-corrected chi connectivity index (χ3v) is 3.61. The number of nitrogens with one attached hydrogen (secondary N) is 1. The van der Waals surface area contributed by atoms with E-state index in [0.717, 1.165) is 25.7 Å². The molecular formula is C14H20N2O. The molecule has 1 aliphatic carbocycles. The molecule has 0 bridgehead atoms. The van der Waals surface area contributed by atoms with Crippen LogP contribution in [0.25, 0.3) is 0 Å². The van der Waals surface area contributed by atoms with Crippen LogP contribution in [0, 0.1) is 5.41 Å². The van der Waals surface area contributed by atoms with Gasteiger partial charge in [0.2, 0.25) is 5.91 Å². The molecule has 0 aromatic heterocycles. The molecule has 1 aromatic carbocycles. The number of carbonyl (C=O) groups is 1. The Labute approximate surface area is 102 Å². The first-order valence-electron chi connectivity index (χ1n) is 6.29. The molecule has 1 saturated carbocycles. The van der Waals surface area contributed by atoms with Gasteiger partial charge < -0.3 is 11.1 Å². The summed E-state index contributed by atoms with van der Waals surface area (Å²) < 4.78 is 0. The number of benzene rings is 1. The van der Waals surface area contributed by atoms with E-state index in [1.54, 1.807) is 0 Å². The van der Waals surface area contributed by atoms with E-state index in [2.05, 4.69) is 17.4 Å². The van der Waals surface area contributed by atoms with Crippen LogP contribution in [-0.2, 0) is 11.2 Å². The Morgan fingerprint density at radius 2 is 2.00 bits per heavy atom. The van der Waals surface area contributed by atoms with Gasteiger partial charge in [-0.3, -0.25) is 4.79 Å². The topological polar surface area (TPSA) is 55.1 Å². The molecule has 0 heterocycles. The molecule has 1 aliphatic rings. The molecule has 2 rings (SSSR count). The molecule has 3 nitrogen and oxygen atoms in total. The van der Waals surface area contributed by atoms with Crippen LogP contribution in [0.15, 0.2) is 30.3 Å². The molecule has 0 spiro atoms. The van der Waals surface area contributed by atoms with Crippen LogP contribution in [0.2, 0.25) is 0 Å². The summed E-state index contributed by atoms with van der Waals surface area (Å²) in [7, 11) is 0. The number of amides is 1. The van der Waals surface area contributed by atoms with Crippen LogP contribution in [0.4, 0.5) is 0 Å². The molecule has 0 atom stereocenters. The van der Waals surface area contributed by atoms with Crippen LogP contribution in [0.1, 0.15) is 24.8 Å². The average molecular weight is 232 g/mol. The van der Waals surface area contributed by atoms with Crippen molar-refractivity contribution in [3.63, 3.8) is 0 Å². The fourth-order valence-corrected chi connectivity index (χ4v) is 2.45. The van der Waals surface area contributed by atoms with E-state index >= 15 is 0 Å². The number of hydrogen-bond acceptors (Lipinski definition) is 2. The SMILES string of the molecule is NCCNC(=O)C1(Cc2ccccc2)CCC1. The van der Waals surface area contributed by atoms with E-state index in [1.807, 2.05) is 18.2 Å². The molecule has 0 aliphatic heterocycles. The lowest BCUT2D eigenvalue weighted by Gasteiger charge is -2.40. The second-order valence-corrected chi connectivity index (χ2v) is 4.84. The van der Waals surface area contributed by atoms with Crippen molar-refractivity contribution in [2.24, 2.45) is 11.1 Å². The molecule has 92 valence electrons. The Morgan fingerprint density at radius 1 is 1.29 bits per heavy atom. The number of hydrogen-bond donors (Lipinski definition) is 2. The van der Waals surface area contributed by atoms with Gasteiger partial charge in [0, 0.05) is 13.1 Å². The zero-order valence-corrected chi connectivity index (χ0v) is 10.1. The Kier molecular flexibility index (Phi) is 3.79. The van der Waals surface area contributed by atoms with Crippen molar-refractivity contribution in [1.29, 1.82) is 0 Å². The lowest BCUT2D eigenvalue weighted by molar-refractivity contribution is -0.135. The van der Waals surface area contributed by atoms with Crippen LogP contribution in [0.3, 0.4) is 0 Å². The minimum absolute atomic E-state index is 0.170. The van der Waals surface area contributed by atoms with Gasteiger partial charge in [-0.25, -0.2) is 0 Å². The minimum Gasteiger partial charge on any atom is -0.354 e. The maximum Gasteiger partial charge on any atom is 0.226 e. The van der Waals surface area contributed by atoms with Gasteiger partial charge in [-0.1, -0.05) is 36.8 Å². The molecule has 1 aromatic rings. The van der Waals surface area contributed by atoms with E-state index in [-0.39, 0.29) is 11.3 Å². The fraction of sp³-hybridized carbons (Fsp3) is 0.500. The molecular weight excluding hydrogens is 212 g/mol. The van der Waals surface area contributed by atoms with Crippen molar-refractivity contribution >= 4 is 5.91 Å². The Balaban J connectivity index is 2.02. The number of rotatable bonds is 5. The van der Waals surface area contributed by atoms with Gasteiger partial charge in [0.05, 0.1) is 5.41 Å². The van der Waals surface area contributed by atoms with Gasteiger partial charge in [0.1, 0.15) is 0 Å². The van der Waals surface area contributed by atoms with Crippen molar-refractivity contribution in [3.8, 4) is 0 Å². The van der Waals surface area contributed by atoms with E-state index in [9.17, 15) is 4.79 Å². The molecule has 17 heavy (non-hydrogen) atoms. The summed E-state index contributed by atoms with van der Waals surface area (Å²) in [6, 6.07) is 10.2. The molecule has 0 unspecified atom stereocenters. The summed E-state index contributed by atoms with van der Waals surface area (Å²) in [6.45, 7) is 1.09. The summed E-state index contributed by atoms with van der Waals surface area (Å²) in [5.74, 6) is 0.179. The first-order valence-corrected chi connectivity index (χ1v) is 6.29. The van der Waals surface area contributed by atoms with Crippen molar-refractivity contribution in [1.82, 2.24) is 5.32 Å². The third-order valence-electron chi connectivity index (χ3n) is 3.61. The highest BCUT2D eigenvalue weighted by Crippen LogP contribution is 2.43. The first-order chi connectivity index (χ1) is 8.27. The van der Waals surface area contributed by atoms with Gasteiger partial charge in [-0.05, 0) is 24.8 Å². The molecule has 0 radical (unpaired) electrons. The van der Waals surface area contributed by atoms with Gasteiger partial charge in [0.25, 0.3) is 0 Å². The quantitative estimate of drug-likeness (QED) is 0.808. The van der Waals surface area contributed by atoms with E-state index in [1.165, 1.54) is 5.56 Å². The third kappa shape index (κ3) is 2.67. The maximum absolute atomic E-state index is 12.1. The predicted octanol–water partition coefficient (Wildman–Crippen LogP) is 1.47. The molecule has 3 heteroatoms. The second-order valence-electron chi connectivity index (χ2n) is 4.84. The summed E-state index contributed by atoms with van der Waals surface area (Å²) >= 11 is 0. The van der Waals surface area contributed by atoms with Gasteiger partial charge in [-0.2, -0.15) is 0 Å². The zero-order chi connectivity index (χ0) is 12.1. The maximum atomic E-state index is 12.1. The largest absolute Gasteiger partial charge is 0.354 e. The smallest absolute Gasteiger partial charge is 0.226 e. The molecule has 0 saturated heterocycles. The summed E-state index contributed by atoms with van der Waals surface area (Å²) in [6.07, 6.45) is 4.00. The van der Waals surface area contributed by atoms with E-state index in [4.69, 9.17) is 5.73 Å². The fourth-order valence-electron chi connectivity index (χ4n) is 2.45. The molecule has 3 N–H and O–H groups in total. The highest BCUT2D eigenvalue weighted by Gasteiger charge is 2.43. The van der Waals surface area contributed by atoms with Crippen molar-refractivity contribution < 1.29 is 4.79 Å². The lowest BCUT2D eigenvalue weighted by atomic mass is 9.64. The van der Waals surface area contributed by atoms with Crippen molar-refractivity contribution in [2.45, 2.75) is 25.7 Å².